The lowest BCUT2D eigenvalue weighted by atomic mass is 10.1. The van der Waals surface area contributed by atoms with Gasteiger partial charge >= 0.3 is 0 Å². The molecular formula is C19H26N2OS. The van der Waals surface area contributed by atoms with Crippen molar-refractivity contribution >= 4 is 17.2 Å². The van der Waals surface area contributed by atoms with Crippen LogP contribution >= 0.6 is 11.3 Å². The van der Waals surface area contributed by atoms with Crippen LogP contribution in [0.1, 0.15) is 28.7 Å². The molecule has 1 aromatic heterocycles. The highest BCUT2D eigenvalue weighted by Gasteiger charge is 2.12. The molecule has 0 aliphatic carbocycles. The van der Waals surface area contributed by atoms with E-state index in [9.17, 15) is 4.79 Å². The Morgan fingerprint density at radius 1 is 1.17 bits per heavy atom. The van der Waals surface area contributed by atoms with Crippen LogP contribution in [0.5, 0.6) is 0 Å². The Bertz CT molecular complexity index is 594. The molecule has 1 amide bonds. The number of hydrogen-bond donors (Lipinski definition) is 1. The van der Waals surface area contributed by atoms with Gasteiger partial charge in [-0.3, -0.25) is 9.69 Å². The van der Waals surface area contributed by atoms with E-state index in [4.69, 9.17) is 0 Å². The Hall–Kier alpha value is -1.65. The van der Waals surface area contributed by atoms with Crippen LogP contribution < -0.4 is 5.32 Å². The Balaban J connectivity index is 1.93. The van der Waals surface area contributed by atoms with Crippen molar-refractivity contribution in [2.45, 2.75) is 33.2 Å². The maximum absolute atomic E-state index is 12.1. The first-order valence-corrected chi connectivity index (χ1v) is 9.07. The first-order chi connectivity index (χ1) is 11.2. The van der Waals surface area contributed by atoms with Gasteiger partial charge in [-0.15, -0.1) is 11.3 Å². The summed E-state index contributed by atoms with van der Waals surface area (Å²) < 4.78 is 0. The highest BCUT2D eigenvalue weighted by Crippen LogP contribution is 2.17. The second kappa shape index (κ2) is 9.48. The number of thiophene rings is 1. The predicted octanol–water partition coefficient (Wildman–Crippen LogP) is 3.63. The average Bonchev–Trinajstić information content (AvgIpc) is 2.96. The van der Waals surface area contributed by atoms with Crippen molar-refractivity contribution in [3.63, 3.8) is 0 Å². The van der Waals surface area contributed by atoms with Crippen LogP contribution in [0.4, 0.5) is 0 Å². The topological polar surface area (TPSA) is 32.3 Å². The second-order valence-corrected chi connectivity index (χ2v) is 7.18. The summed E-state index contributed by atoms with van der Waals surface area (Å²) in [6.07, 6.45) is 1.94. The third kappa shape index (κ3) is 6.55. The number of carbonyl (C=O) groups excluding carboxylic acids is 1. The van der Waals surface area contributed by atoms with Crippen molar-refractivity contribution in [2.24, 2.45) is 0 Å². The molecule has 0 spiro atoms. The number of benzene rings is 1. The van der Waals surface area contributed by atoms with Gasteiger partial charge in [0.05, 0.1) is 6.54 Å². The van der Waals surface area contributed by atoms with Gasteiger partial charge in [0.15, 0.2) is 0 Å². The Kier molecular flexibility index (Phi) is 7.30. The highest BCUT2D eigenvalue weighted by molar-refractivity contribution is 7.11. The third-order valence-electron chi connectivity index (χ3n) is 3.67. The van der Waals surface area contributed by atoms with E-state index in [1.54, 1.807) is 0 Å². The molecule has 0 aliphatic heterocycles. The molecule has 0 fully saturated rings. The number of carbonyl (C=O) groups is 1. The minimum absolute atomic E-state index is 0.119. The van der Waals surface area contributed by atoms with Crippen molar-refractivity contribution in [1.82, 2.24) is 10.2 Å². The molecule has 0 unspecified atom stereocenters. The molecule has 0 bridgehead atoms. The molecule has 1 N–H and O–H groups in total. The van der Waals surface area contributed by atoms with Crippen molar-refractivity contribution in [2.75, 3.05) is 19.6 Å². The smallest absolute Gasteiger partial charge is 0.234 e. The minimum Gasteiger partial charge on any atom is -0.355 e. The fourth-order valence-electron chi connectivity index (χ4n) is 2.46. The summed E-state index contributed by atoms with van der Waals surface area (Å²) in [6.45, 7) is 7.14. The van der Waals surface area contributed by atoms with Crippen LogP contribution in [-0.4, -0.2) is 30.4 Å². The zero-order valence-electron chi connectivity index (χ0n) is 14.0. The van der Waals surface area contributed by atoms with Crippen LogP contribution in [-0.2, 0) is 17.8 Å². The number of aryl methyl sites for hydroxylation is 1. The molecule has 1 aromatic carbocycles. The van der Waals surface area contributed by atoms with Gasteiger partial charge in [0.2, 0.25) is 5.91 Å². The van der Waals surface area contributed by atoms with E-state index < -0.39 is 0 Å². The third-order valence-corrected chi connectivity index (χ3v) is 4.66. The number of amides is 1. The van der Waals surface area contributed by atoms with Crippen molar-refractivity contribution in [3.8, 4) is 0 Å². The van der Waals surface area contributed by atoms with E-state index in [0.717, 1.165) is 32.5 Å². The normalized spacial score (nSPS) is 10.9. The molecule has 2 aromatic rings. The van der Waals surface area contributed by atoms with Gasteiger partial charge in [-0.1, -0.05) is 37.3 Å². The largest absolute Gasteiger partial charge is 0.355 e. The van der Waals surface area contributed by atoms with Crippen molar-refractivity contribution in [1.29, 1.82) is 0 Å². The molecule has 0 saturated heterocycles. The second-order valence-electron chi connectivity index (χ2n) is 5.81. The van der Waals surface area contributed by atoms with E-state index in [2.05, 4.69) is 60.5 Å². The standard InChI is InChI=1S/C19H26N2OS/c1-3-12-20-19(22)15-21(14-18-10-9-16(2)23-18)13-11-17-7-5-4-6-8-17/h4-10H,3,11-15H2,1-2H3,(H,20,22). The number of nitrogens with zero attached hydrogens (tertiary/aromatic N) is 1. The van der Waals surface area contributed by atoms with Gasteiger partial charge in [-0.05, 0) is 37.5 Å². The van der Waals surface area contributed by atoms with Crippen molar-refractivity contribution < 1.29 is 4.79 Å². The van der Waals surface area contributed by atoms with Crippen LogP contribution in [0.25, 0.3) is 0 Å². The summed E-state index contributed by atoms with van der Waals surface area (Å²) in [5.41, 5.74) is 1.31. The zero-order valence-corrected chi connectivity index (χ0v) is 14.9. The molecule has 0 radical (unpaired) electrons. The Morgan fingerprint density at radius 3 is 2.61 bits per heavy atom. The fraction of sp³-hybridized carbons (Fsp3) is 0.421. The molecule has 0 atom stereocenters. The van der Waals surface area contributed by atoms with Gasteiger partial charge in [-0.2, -0.15) is 0 Å². The van der Waals surface area contributed by atoms with Gasteiger partial charge in [0, 0.05) is 29.4 Å². The first kappa shape index (κ1) is 17.7. The molecular weight excluding hydrogens is 304 g/mol. The van der Waals surface area contributed by atoms with E-state index in [0.29, 0.717) is 6.54 Å². The molecule has 4 heteroatoms. The van der Waals surface area contributed by atoms with Gasteiger partial charge in [-0.25, -0.2) is 0 Å². The Morgan fingerprint density at radius 2 is 1.96 bits per heavy atom. The van der Waals surface area contributed by atoms with Crippen LogP contribution in [0, 0.1) is 6.92 Å². The van der Waals surface area contributed by atoms with Crippen LogP contribution in [0.15, 0.2) is 42.5 Å². The lowest BCUT2D eigenvalue weighted by Crippen LogP contribution is -2.38. The molecule has 3 nitrogen and oxygen atoms in total. The summed E-state index contributed by atoms with van der Waals surface area (Å²) in [6, 6.07) is 14.8. The monoisotopic (exact) mass is 330 g/mol. The number of nitrogens with one attached hydrogen (secondary N) is 1. The van der Waals surface area contributed by atoms with Crippen LogP contribution in [0.2, 0.25) is 0 Å². The number of hydrogen-bond acceptors (Lipinski definition) is 3. The van der Waals surface area contributed by atoms with E-state index in [1.807, 2.05) is 17.4 Å². The maximum atomic E-state index is 12.1. The summed E-state index contributed by atoms with van der Waals surface area (Å²) in [5.74, 6) is 0.119. The Labute approximate surface area is 143 Å². The lowest BCUT2D eigenvalue weighted by Gasteiger charge is -2.21. The van der Waals surface area contributed by atoms with E-state index in [1.165, 1.54) is 15.3 Å². The molecule has 23 heavy (non-hydrogen) atoms. The molecule has 1 heterocycles. The summed E-state index contributed by atoms with van der Waals surface area (Å²) >= 11 is 1.81. The average molecular weight is 330 g/mol. The first-order valence-electron chi connectivity index (χ1n) is 8.25. The molecule has 0 aliphatic rings. The van der Waals surface area contributed by atoms with Gasteiger partial charge in [0.25, 0.3) is 0 Å². The van der Waals surface area contributed by atoms with Gasteiger partial charge < -0.3 is 5.32 Å². The maximum Gasteiger partial charge on any atom is 0.234 e. The summed E-state index contributed by atoms with van der Waals surface area (Å²) in [5, 5.41) is 2.97. The summed E-state index contributed by atoms with van der Waals surface area (Å²) in [4.78, 5) is 16.9. The predicted molar refractivity (Wildman–Crippen MR) is 97.8 cm³/mol. The van der Waals surface area contributed by atoms with E-state index in [-0.39, 0.29) is 5.91 Å². The highest BCUT2D eigenvalue weighted by atomic mass is 32.1. The minimum atomic E-state index is 0.119. The molecule has 0 saturated carbocycles. The summed E-state index contributed by atoms with van der Waals surface area (Å²) in [7, 11) is 0. The lowest BCUT2D eigenvalue weighted by molar-refractivity contribution is -0.122. The molecule has 2 rings (SSSR count). The SMILES string of the molecule is CCCNC(=O)CN(CCc1ccccc1)Cc1ccc(C)s1. The quantitative estimate of drug-likeness (QED) is 0.761. The van der Waals surface area contributed by atoms with Gasteiger partial charge in [0.1, 0.15) is 0 Å². The van der Waals surface area contributed by atoms with Crippen LogP contribution in [0.3, 0.4) is 0 Å². The van der Waals surface area contributed by atoms with Crippen molar-refractivity contribution in [3.05, 3.63) is 57.8 Å². The zero-order chi connectivity index (χ0) is 16.5. The van der Waals surface area contributed by atoms with E-state index >= 15 is 0 Å². The molecule has 124 valence electrons. The number of rotatable bonds is 9. The fourth-order valence-corrected chi connectivity index (χ4v) is 3.39.